The van der Waals surface area contributed by atoms with Crippen LogP contribution < -0.4 is 0 Å². The van der Waals surface area contributed by atoms with Crippen LogP contribution in [0.1, 0.15) is 11.1 Å². The van der Waals surface area contributed by atoms with E-state index in [1.807, 2.05) is 85.1 Å². The molecule has 1 aliphatic heterocycles. The first-order chi connectivity index (χ1) is 15.3. The molecule has 4 nitrogen and oxygen atoms in total. The number of nitrogens with one attached hydrogen (secondary N) is 1. The summed E-state index contributed by atoms with van der Waals surface area (Å²) in [6, 6.07) is 28.0. The largest absolute Gasteiger partial charge is 0.361 e. The number of para-hydroxylation sites is 2. The van der Waals surface area contributed by atoms with Gasteiger partial charge in [-0.15, -0.1) is 0 Å². The van der Waals surface area contributed by atoms with Crippen LogP contribution in [0.25, 0.3) is 17.0 Å². The van der Waals surface area contributed by atoms with Crippen molar-refractivity contribution in [3.8, 4) is 0 Å². The zero-order valence-corrected chi connectivity index (χ0v) is 17.7. The van der Waals surface area contributed by atoms with Crippen LogP contribution in [0, 0.1) is 0 Å². The summed E-state index contributed by atoms with van der Waals surface area (Å²) in [7, 11) is 0. The molecule has 1 amide bonds. The molecule has 31 heavy (non-hydrogen) atoms. The minimum Gasteiger partial charge on any atom is -0.361 e. The van der Waals surface area contributed by atoms with E-state index in [1.165, 1.54) is 22.7 Å². The van der Waals surface area contributed by atoms with Crippen LogP contribution in [0.3, 0.4) is 0 Å². The number of thioether (sulfide) groups is 1. The number of hydrogen-bond acceptors (Lipinski definition) is 3. The summed E-state index contributed by atoms with van der Waals surface area (Å²) in [6.07, 6.45) is 4.73. The molecule has 3 aromatic carbocycles. The van der Waals surface area contributed by atoms with Crippen molar-refractivity contribution in [2.75, 3.05) is 6.54 Å². The van der Waals surface area contributed by atoms with Gasteiger partial charge in [0.25, 0.3) is 5.91 Å². The van der Waals surface area contributed by atoms with E-state index in [1.54, 1.807) is 4.90 Å². The maximum Gasteiger partial charge on any atom is 0.266 e. The normalized spacial score (nSPS) is 16.6. The van der Waals surface area contributed by atoms with E-state index in [4.69, 9.17) is 4.99 Å². The Morgan fingerprint density at radius 1 is 0.903 bits per heavy atom. The Morgan fingerprint density at radius 3 is 2.42 bits per heavy atom. The summed E-state index contributed by atoms with van der Waals surface area (Å²) in [6.45, 7) is 0.575. The van der Waals surface area contributed by atoms with E-state index in [0.717, 1.165) is 28.4 Å². The first kappa shape index (κ1) is 19.4. The Hall–Kier alpha value is -3.57. The minimum absolute atomic E-state index is 0.00313. The predicted molar refractivity (Wildman–Crippen MR) is 129 cm³/mol. The fourth-order valence-corrected chi connectivity index (χ4v) is 4.70. The molecule has 1 N–H and O–H groups in total. The molecule has 1 aliphatic rings. The maximum absolute atomic E-state index is 13.3. The third-order valence-electron chi connectivity index (χ3n) is 5.25. The van der Waals surface area contributed by atoms with Gasteiger partial charge in [-0.05, 0) is 53.6 Å². The van der Waals surface area contributed by atoms with Crippen LogP contribution in [-0.2, 0) is 11.2 Å². The molecule has 0 bridgehead atoms. The molecule has 0 saturated carbocycles. The van der Waals surface area contributed by atoms with Gasteiger partial charge in [-0.2, -0.15) is 0 Å². The molecule has 2 heterocycles. The summed E-state index contributed by atoms with van der Waals surface area (Å²) in [5.41, 5.74) is 4.17. The van der Waals surface area contributed by atoms with Crippen molar-refractivity contribution in [1.29, 1.82) is 0 Å². The highest BCUT2D eigenvalue weighted by molar-refractivity contribution is 8.18. The molecule has 0 aliphatic carbocycles. The first-order valence-corrected chi connectivity index (χ1v) is 11.0. The van der Waals surface area contributed by atoms with Gasteiger partial charge in [0, 0.05) is 23.6 Å². The first-order valence-electron chi connectivity index (χ1n) is 10.2. The van der Waals surface area contributed by atoms with Crippen LogP contribution in [0.2, 0.25) is 0 Å². The molecule has 5 rings (SSSR count). The quantitative estimate of drug-likeness (QED) is 0.399. The van der Waals surface area contributed by atoms with Gasteiger partial charge in [0.05, 0.1) is 10.6 Å². The van der Waals surface area contributed by atoms with Gasteiger partial charge in [0.2, 0.25) is 0 Å². The van der Waals surface area contributed by atoms with Gasteiger partial charge >= 0.3 is 0 Å². The fourth-order valence-electron chi connectivity index (χ4n) is 3.67. The molecule has 0 spiro atoms. The number of rotatable bonds is 5. The van der Waals surface area contributed by atoms with Crippen molar-refractivity contribution in [3.63, 3.8) is 0 Å². The van der Waals surface area contributed by atoms with E-state index in [9.17, 15) is 4.79 Å². The molecule has 5 heteroatoms. The topological polar surface area (TPSA) is 48.5 Å². The lowest BCUT2D eigenvalue weighted by Crippen LogP contribution is -2.31. The number of carbonyl (C=O) groups is 1. The number of amidine groups is 1. The molecule has 0 radical (unpaired) electrons. The van der Waals surface area contributed by atoms with Crippen LogP contribution in [0.5, 0.6) is 0 Å². The van der Waals surface area contributed by atoms with Crippen molar-refractivity contribution in [3.05, 3.63) is 107 Å². The fraction of sp³-hybridized carbons (Fsp3) is 0.0769. The molecular formula is C26H21N3OS. The second kappa shape index (κ2) is 8.66. The number of aromatic amines is 1. The van der Waals surface area contributed by atoms with E-state index in [-0.39, 0.29) is 5.91 Å². The summed E-state index contributed by atoms with van der Waals surface area (Å²) in [4.78, 5) is 23.9. The summed E-state index contributed by atoms with van der Waals surface area (Å²) >= 11 is 1.44. The van der Waals surface area contributed by atoms with Crippen LogP contribution in [-0.4, -0.2) is 27.5 Å². The Labute approximate surface area is 185 Å². The number of H-pyrrole nitrogens is 1. The second-order valence-electron chi connectivity index (χ2n) is 7.32. The molecule has 1 fully saturated rings. The SMILES string of the molecule is O=C1/C(=C\c2ccccc2)SC(=Nc2ccccc2)N1CCc1c[nH]c2ccccc12. The molecule has 1 saturated heterocycles. The number of carbonyl (C=O) groups excluding carboxylic acids is 1. The standard InChI is InChI=1S/C26H21N3OS/c30-25-24(17-19-9-3-1-4-10-19)31-26(28-21-11-5-2-6-12-21)29(25)16-15-20-18-27-23-14-8-7-13-22(20)23/h1-14,17-18,27H,15-16H2/b24-17+,28-26?. The Balaban J connectivity index is 1.45. The number of fused-ring (bicyclic) bond motifs is 1. The molecule has 4 aromatic rings. The highest BCUT2D eigenvalue weighted by Crippen LogP contribution is 2.34. The number of benzene rings is 3. The average Bonchev–Trinajstić information content (AvgIpc) is 3.35. The van der Waals surface area contributed by atoms with Crippen molar-refractivity contribution in [2.45, 2.75) is 6.42 Å². The Morgan fingerprint density at radius 2 is 1.61 bits per heavy atom. The van der Waals surface area contributed by atoms with Crippen molar-refractivity contribution >= 4 is 45.5 Å². The van der Waals surface area contributed by atoms with E-state index < -0.39 is 0 Å². The lowest BCUT2D eigenvalue weighted by Gasteiger charge is -2.15. The van der Waals surface area contributed by atoms with Gasteiger partial charge in [0.15, 0.2) is 5.17 Å². The monoisotopic (exact) mass is 423 g/mol. The van der Waals surface area contributed by atoms with Crippen LogP contribution in [0.15, 0.2) is 101 Å². The van der Waals surface area contributed by atoms with Crippen molar-refractivity contribution < 1.29 is 4.79 Å². The lowest BCUT2D eigenvalue weighted by molar-refractivity contribution is -0.122. The van der Waals surface area contributed by atoms with E-state index in [2.05, 4.69) is 17.1 Å². The van der Waals surface area contributed by atoms with Crippen molar-refractivity contribution in [2.24, 2.45) is 4.99 Å². The van der Waals surface area contributed by atoms with Crippen molar-refractivity contribution in [1.82, 2.24) is 9.88 Å². The number of aromatic nitrogens is 1. The van der Waals surface area contributed by atoms with E-state index >= 15 is 0 Å². The minimum atomic E-state index is 0.00313. The molecular weight excluding hydrogens is 402 g/mol. The second-order valence-corrected chi connectivity index (χ2v) is 8.33. The third kappa shape index (κ3) is 4.18. The summed E-state index contributed by atoms with van der Waals surface area (Å²) in [5.74, 6) is 0.00313. The Bertz CT molecular complexity index is 1280. The summed E-state index contributed by atoms with van der Waals surface area (Å²) < 4.78 is 0. The van der Waals surface area contributed by atoms with Crippen LogP contribution in [0.4, 0.5) is 5.69 Å². The highest BCUT2D eigenvalue weighted by Gasteiger charge is 2.33. The van der Waals surface area contributed by atoms with Gasteiger partial charge in [-0.25, -0.2) is 4.99 Å². The maximum atomic E-state index is 13.3. The van der Waals surface area contributed by atoms with Gasteiger partial charge in [-0.1, -0.05) is 66.7 Å². The van der Waals surface area contributed by atoms with Gasteiger partial charge in [0.1, 0.15) is 0 Å². The molecule has 152 valence electrons. The molecule has 0 atom stereocenters. The number of nitrogens with zero attached hydrogens (tertiary/aromatic N) is 2. The van der Waals surface area contributed by atoms with Crippen LogP contribution >= 0.6 is 11.8 Å². The highest BCUT2D eigenvalue weighted by atomic mass is 32.2. The zero-order valence-electron chi connectivity index (χ0n) is 16.9. The number of amides is 1. The Kier molecular flexibility index (Phi) is 5.42. The smallest absolute Gasteiger partial charge is 0.266 e. The predicted octanol–water partition coefficient (Wildman–Crippen LogP) is 6.01. The van der Waals surface area contributed by atoms with Gasteiger partial charge < -0.3 is 4.98 Å². The lowest BCUT2D eigenvalue weighted by atomic mass is 10.1. The third-order valence-corrected chi connectivity index (χ3v) is 6.25. The summed E-state index contributed by atoms with van der Waals surface area (Å²) in [5, 5.41) is 1.92. The van der Waals surface area contributed by atoms with Gasteiger partial charge in [-0.3, -0.25) is 9.69 Å². The molecule has 0 unspecified atom stereocenters. The van der Waals surface area contributed by atoms with E-state index in [0.29, 0.717) is 11.4 Å². The number of aliphatic imine (C=N–C) groups is 1. The number of hydrogen-bond donors (Lipinski definition) is 1. The zero-order chi connectivity index (χ0) is 21.0. The molecule has 1 aromatic heterocycles. The average molecular weight is 424 g/mol.